The lowest BCUT2D eigenvalue weighted by Gasteiger charge is -2.19. The molecular weight excluding hydrogens is 274 g/mol. The third kappa shape index (κ3) is 4.23. The van der Waals surface area contributed by atoms with Crippen LogP contribution in [0, 0.1) is 0 Å². The van der Waals surface area contributed by atoms with Gasteiger partial charge in [-0.15, -0.1) is 11.6 Å². The molecule has 0 aliphatic heterocycles. The highest BCUT2D eigenvalue weighted by atomic mass is 35.5. The number of primary amides is 1. The maximum absolute atomic E-state index is 11.8. The van der Waals surface area contributed by atoms with Crippen molar-refractivity contribution < 1.29 is 14.3 Å². The molecule has 2 N–H and O–H groups in total. The Morgan fingerprint density at radius 3 is 2.50 bits per heavy atom. The van der Waals surface area contributed by atoms with Gasteiger partial charge in [-0.1, -0.05) is 30.3 Å². The predicted octanol–water partition coefficient (Wildman–Crippen LogP) is 2.71. The number of nitrogens with two attached hydrogens (primary N) is 1. The van der Waals surface area contributed by atoms with Gasteiger partial charge in [0.2, 0.25) is 0 Å². The summed E-state index contributed by atoms with van der Waals surface area (Å²) >= 11 is 6.90. The second-order valence-corrected chi connectivity index (χ2v) is 5.04. The van der Waals surface area contributed by atoms with E-state index in [9.17, 15) is 9.59 Å². The zero-order chi connectivity index (χ0) is 13.5. The van der Waals surface area contributed by atoms with E-state index < -0.39 is 21.8 Å². The number of ether oxygens (including phenoxy) is 1. The lowest BCUT2D eigenvalue weighted by Crippen LogP contribution is -2.27. The number of carbonyl (C=O) groups excluding carboxylic acids is 2. The van der Waals surface area contributed by atoms with E-state index in [0.717, 1.165) is 5.56 Å². The van der Waals surface area contributed by atoms with Crippen molar-refractivity contribution in [1.82, 2.24) is 0 Å². The Morgan fingerprint density at radius 1 is 1.39 bits per heavy atom. The molecule has 0 heterocycles. The van der Waals surface area contributed by atoms with Crippen molar-refractivity contribution in [3.8, 4) is 0 Å². The Balaban J connectivity index is 2.88. The molecule has 0 spiro atoms. The van der Waals surface area contributed by atoms with Crippen molar-refractivity contribution in [2.75, 3.05) is 6.61 Å². The van der Waals surface area contributed by atoms with Crippen LogP contribution in [0.1, 0.15) is 17.9 Å². The molecule has 1 aromatic rings. The Morgan fingerprint density at radius 2 is 2.00 bits per heavy atom. The van der Waals surface area contributed by atoms with Crippen LogP contribution in [0.15, 0.2) is 30.3 Å². The van der Waals surface area contributed by atoms with Gasteiger partial charge in [0.05, 0.1) is 12.0 Å². The first kappa shape index (κ1) is 14.9. The van der Waals surface area contributed by atoms with Crippen LogP contribution in [0.2, 0.25) is 0 Å². The van der Waals surface area contributed by atoms with E-state index in [4.69, 9.17) is 22.1 Å². The van der Waals surface area contributed by atoms with E-state index in [1.54, 1.807) is 19.1 Å². The highest BCUT2D eigenvalue weighted by Gasteiger charge is 2.31. The monoisotopic (exact) mass is 287 g/mol. The lowest BCUT2D eigenvalue weighted by molar-refractivity contribution is -0.142. The Hall–Kier alpha value is -1.20. The average Bonchev–Trinajstić information content (AvgIpc) is 2.36. The van der Waals surface area contributed by atoms with E-state index in [0.29, 0.717) is 11.8 Å². The van der Waals surface area contributed by atoms with Crippen LogP contribution in [-0.4, -0.2) is 23.1 Å². The molecule has 1 amide bonds. The van der Waals surface area contributed by atoms with Gasteiger partial charge in [0.25, 0.3) is 5.24 Å². The van der Waals surface area contributed by atoms with Gasteiger partial charge in [0.15, 0.2) is 0 Å². The quantitative estimate of drug-likeness (QED) is 0.668. The van der Waals surface area contributed by atoms with E-state index >= 15 is 0 Å². The second kappa shape index (κ2) is 7.28. The number of rotatable bonds is 5. The fraction of sp³-hybridized carbons (Fsp3) is 0.333. The molecule has 2 unspecified atom stereocenters. The van der Waals surface area contributed by atoms with Crippen molar-refractivity contribution >= 4 is 34.6 Å². The number of thioether (sulfide) groups is 1. The molecule has 0 radical (unpaired) electrons. The van der Waals surface area contributed by atoms with Gasteiger partial charge in [-0.3, -0.25) is 9.59 Å². The summed E-state index contributed by atoms with van der Waals surface area (Å²) in [6.45, 7) is 1.92. The molecule has 98 valence electrons. The Labute approximate surface area is 115 Å². The number of hydrogen-bond acceptors (Lipinski definition) is 4. The zero-order valence-electron chi connectivity index (χ0n) is 9.84. The number of alkyl halides is 1. The van der Waals surface area contributed by atoms with Crippen molar-refractivity contribution in [1.29, 1.82) is 0 Å². The van der Waals surface area contributed by atoms with Gasteiger partial charge in [-0.2, -0.15) is 0 Å². The lowest BCUT2D eigenvalue weighted by atomic mass is 10.1. The Bertz CT molecular complexity index is 413. The molecule has 0 saturated carbocycles. The van der Waals surface area contributed by atoms with Crippen LogP contribution in [0.4, 0.5) is 4.79 Å². The summed E-state index contributed by atoms with van der Waals surface area (Å²) in [4.78, 5) is 22.7. The minimum absolute atomic E-state index is 0.229. The van der Waals surface area contributed by atoms with Gasteiger partial charge in [0, 0.05) is 0 Å². The van der Waals surface area contributed by atoms with Gasteiger partial charge >= 0.3 is 5.97 Å². The summed E-state index contributed by atoms with van der Waals surface area (Å²) < 4.78 is 4.90. The van der Waals surface area contributed by atoms with Crippen LogP contribution in [0.5, 0.6) is 0 Å². The third-order valence-corrected chi connectivity index (χ3v) is 3.75. The van der Waals surface area contributed by atoms with Crippen LogP contribution in [-0.2, 0) is 9.53 Å². The number of halogens is 1. The minimum Gasteiger partial charge on any atom is -0.465 e. The molecule has 1 rings (SSSR count). The minimum atomic E-state index is -0.841. The molecule has 4 nitrogen and oxygen atoms in total. The fourth-order valence-corrected chi connectivity index (χ4v) is 2.48. The second-order valence-electron chi connectivity index (χ2n) is 3.42. The molecule has 1 aromatic carbocycles. The van der Waals surface area contributed by atoms with Crippen LogP contribution < -0.4 is 5.73 Å². The van der Waals surface area contributed by atoms with Crippen LogP contribution >= 0.6 is 23.4 Å². The number of esters is 1. The summed E-state index contributed by atoms with van der Waals surface area (Å²) in [6.07, 6.45) is 0. The van der Waals surface area contributed by atoms with Crippen molar-refractivity contribution in [2.24, 2.45) is 5.73 Å². The fourth-order valence-electron chi connectivity index (χ4n) is 1.39. The zero-order valence-corrected chi connectivity index (χ0v) is 11.4. The first-order valence-corrected chi connectivity index (χ1v) is 6.69. The van der Waals surface area contributed by atoms with E-state index in [2.05, 4.69) is 0 Å². The standard InChI is InChI=1S/C12H14ClNO3S/c1-2-17-11(15)10(18-12(14)16)9(13)8-6-4-3-5-7-8/h3-7,9-10H,2H2,1H3,(H2,14,16). The summed E-state index contributed by atoms with van der Waals surface area (Å²) in [5.41, 5.74) is 5.84. The van der Waals surface area contributed by atoms with E-state index in [1.807, 2.05) is 18.2 Å². The highest BCUT2D eigenvalue weighted by Crippen LogP contribution is 2.33. The van der Waals surface area contributed by atoms with E-state index in [1.165, 1.54) is 0 Å². The number of benzene rings is 1. The molecule has 0 fully saturated rings. The number of hydrogen-bond donors (Lipinski definition) is 1. The molecule has 6 heteroatoms. The maximum Gasteiger partial charge on any atom is 0.321 e. The topological polar surface area (TPSA) is 69.4 Å². The molecular formula is C12H14ClNO3S. The normalized spacial score (nSPS) is 13.7. The molecule has 18 heavy (non-hydrogen) atoms. The third-order valence-electron chi connectivity index (χ3n) is 2.15. The molecule has 0 bridgehead atoms. The van der Waals surface area contributed by atoms with Gasteiger partial charge in [0.1, 0.15) is 5.25 Å². The first-order chi connectivity index (χ1) is 8.56. The van der Waals surface area contributed by atoms with Crippen LogP contribution in [0.25, 0.3) is 0 Å². The van der Waals surface area contributed by atoms with Crippen molar-refractivity contribution in [3.63, 3.8) is 0 Å². The summed E-state index contributed by atoms with van der Waals surface area (Å²) in [5, 5.41) is -2.16. The van der Waals surface area contributed by atoms with Crippen molar-refractivity contribution in [3.05, 3.63) is 35.9 Å². The van der Waals surface area contributed by atoms with Gasteiger partial charge < -0.3 is 10.5 Å². The Kier molecular flexibility index (Phi) is 6.01. The van der Waals surface area contributed by atoms with Gasteiger partial charge in [-0.25, -0.2) is 0 Å². The molecule has 0 aliphatic carbocycles. The first-order valence-electron chi connectivity index (χ1n) is 5.38. The highest BCUT2D eigenvalue weighted by molar-refractivity contribution is 8.14. The van der Waals surface area contributed by atoms with E-state index in [-0.39, 0.29) is 6.61 Å². The summed E-state index contributed by atoms with van der Waals surface area (Å²) in [6, 6.07) is 9.02. The maximum atomic E-state index is 11.8. The number of carbonyl (C=O) groups is 2. The SMILES string of the molecule is CCOC(=O)C(SC(N)=O)C(Cl)c1ccccc1. The largest absolute Gasteiger partial charge is 0.465 e. The summed E-state index contributed by atoms with van der Waals surface area (Å²) in [7, 11) is 0. The molecule has 0 aromatic heterocycles. The molecule has 2 atom stereocenters. The average molecular weight is 288 g/mol. The smallest absolute Gasteiger partial charge is 0.321 e. The van der Waals surface area contributed by atoms with Crippen LogP contribution in [0.3, 0.4) is 0 Å². The summed E-state index contributed by atoms with van der Waals surface area (Å²) in [5.74, 6) is -0.537. The van der Waals surface area contributed by atoms with Crippen molar-refractivity contribution in [2.45, 2.75) is 17.6 Å². The molecule has 0 aliphatic rings. The predicted molar refractivity (Wildman–Crippen MR) is 72.6 cm³/mol. The number of amides is 1. The molecule has 0 saturated heterocycles. The van der Waals surface area contributed by atoms with Gasteiger partial charge in [-0.05, 0) is 24.2 Å².